The van der Waals surface area contributed by atoms with Crippen molar-refractivity contribution in [3.8, 4) is 0 Å². The second kappa shape index (κ2) is 4.06. The van der Waals surface area contributed by atoms with Gasteiger partial charge in [0.05, 0.1) is 12.6 Å². The van der Waals surface area contributed by atoms with Gasteiger partial charge in [0.25, 0.3) is 0 Å². The first-order valence-electron chi connectivity index (χ1n) is 4.99. The molecule has 5 nitrogen and oxygen atoms in total. The second-order valence-electron chi connectivity index (χ2n) is 3.83. The van der Waals surface area contributed by atoms with E-state index in [0.717, 1.165) is 38.3 Å². The minimum atomic E-state index is -0.169. The highest BCUT2D eigenvalue weighted by Gasteiger charge is 2.18. The van der Waals surface area contributed by atoms with Crippen LogP contribution in [-0.4, -0.2) is 44.0 Å². The second-order valence-corrected chi connectivity index (χ2v) is 3.83. The van der Waals surface area contributed by atoms with E-state index in [1.54, 1.807) is 11.0 Å². The van der Waals surface area contributed by atoms with Gasteiger partial charge in [-0.05, 0) is 19.4 Å². The molecule has 0 unspecified atom stereocenters. The lowest BCUT2D eigenvalue weighted by molar-refractivity contribution is 0.0649. The Morgan fingerprint density at radius 3 is 3.14 bits per heavy atom. The van der Waals surface area contributed by atoms with Crippen molar-refractivity contribution >= 4 is 0 Å². The number of aliphatic hydroxyl groups is 1. The summed E-state index contributed by atoms with van der Waals surface area (Å²) in [5.41, 5.74) is 0. The number of aliphatic hydroxyl groups excluding tert-OH is 1. The van der Waals surface area contributed by atoms with Crippen molar-refractivity contribution in [1.29, 1.82) is 0 Å². The van der Waals surface area contributed by atoms with Crippen LogP contribution in [0.5, 0.6) is 0 Å². The zero-order valence-electron chi connectivity index (χ0n) is 8.43. The highest BCUT2D eigenvalue weighted by atomic mass is 16.3. The zero-order chi connectivity index (χ0) is 9.97. The maximum atomic E-state index is 9.49. The summed E-state index contributed by atoms with van der Waals surface area (Å²) in [5, 5.41) is 13.5. The van der Waals surface area contributed by atoms with E-state index in [2.05, 4.69) is 15.0 Å². The van der Waals surface area contributed by atoms with Crippen molar-refractivity contribution in [2.45, 2.75) is 25.5 Å². The Labute approximate surface area is 83.4 Å². The summed E-state index contributed by atoms with van der Waals surface area (Å²) < 4.78 is 1.78. The van der Waals surface area contributed by atoms with E-state index < -0.39 is 0 Å². The molecule has 1 fully saturated rings. The lowest BCUT2D eigenvalue weighted by Gasteiger charge is -2.29. The van der Waals surface area contributed by atoms with Crippen molar-refractivity contribution in [1.82, 2.24) is 19.7 Å². The molecule has 1 aliphatic heterocycles. The summed E-state index contributed by atoms with van der Waals surface area (Å²) >= 11 is 0. The van der Waals surface area contributed by atoms with Gasteiger partial charge in [-0.15, -0.1) is 0 Å². The average Bonchev–Trinajstić information content (AvgIpc) is 2.52. The van der Waals surface area contributed by atoms with Gasteiger partial charge in [-0.25, -0.2) is 4.98 Å². The molecule has 1 aliphatic rings. The van der Waals surface area contributed by atoms with Crippen LogP contribution in [0, 0.1) is 0 Å². The molecule has 0 spiro atoms. The quantitative estimate of drug-likeness (QED) is 0.710. The summed E-state index contributed by atoms with van der Waals surface area (Å²) in [4.78, 5) is 6.38. The SMILES string of the molecule is Cn1ncnc1CN1CCC[C@H](O)C1. The number of piperidine rings is 1. The van der Waals surface area contributed by atoms with Crippen molar-refractivity contribution < 1.29 is 5.11 Å². The van der Waals surface area contributed by atoms with Gasteiger partial charge in [-0.2, -0.15) is 5.10 Å². The molecule has 1 saturated heterocycles. The summed E-state index contributed by atoms with van der Waals surface area (Å²) in [6.07, 6.45) is 3.39. The predicted octanol–water partition coefficient (Wildman–Crippen LogP) is -0.228. The lowest BCUT2D eigenvalue weighted by atomic mass is 10.1. The first-order chi connectivity index (χ1) is 6.75. The highest BCUT2D eigenvalue weighted by molar-refractivity contribution is 4.85. The normalized spacial score (nSPS) is 24.0. The number of rotatable bonds is 2. The summed E-state index contributed by atoms with van der Waals surface area (Å²) in [5.74, 6) is 0.958. The molecule has 14 heavy (non-hydrogen) atoms. The molecule has 0 aliphatic carbocycles. The van der Waals surface area contributed by atoms with Gasteiger partial charge >= 0.3 is 0 Å². The summed E-state index contributed by atoms with van der Waals surface area (Å²) in [6, 6.07) is 0. The lowest BCUT2D eigenvalue weighted by Crippen LogP contribution is -2.38. The maximum Gasteiger partial charge on any atom is 0.140 e. The van der Waals surface area contributed by atoms with E-state index in [-0.39, 0.29) is 6.10 Å². The third kappa shape index (κ3) is 2.10. The molecular formula is C9H16N4O. The topological polar surface area (TPSA) is 54.2 Å². The monoisotopic (exact) mass is 196 g/mol. The Kier molecular flexibility index (Phi) is 2.79. The highest BCUT2D eigenvalue weighted by Crippen LogP contribution is 2.11. The fourth-order valence-electron chi connectivity index (χ4n) is 1.84. The minimum Gasteiger partial charge on any atom is -0.392 e. The Balaban J connectivity index is 1.94. The molecular weight excluding hydrogens is 180 g/mol. The van der Waals surface area contributed by atoms with Crippen molar-refractivity contribution in [2.75, 3.05) is 13.1 Å². The molecule has 0 saturated carbocycles. The molecule has 1 aromatic heterocycles. The van der Waals surface area contributed by atoms with Gasteiger partial charge in [0.1, 0.15) is 12.2 Å². The van der Waals surface area contributed by atoms with Crippen LogP contribution in [0.25, 0.3) is 0 Å². The number of β-amino-alcohol motifs (C(OH)–C–C–N with tert-alkyl or cyclic N) is 1. The fourth-order valence-corrected chi connectivity index (χ4v) is 1.84. The summed E-state index contributed by atoms with van der Waals surface area (Å²) in [6.45, 7) is 2.59. The van der Waals surface area contributed by atoms with Crippen LogP contribution in [0.4, 0.5) is 0 Å². The molecule has 1 aromatic rings. The average molecular weight is 196 g/mol. The van der Waals surface area contributed by atoms with Crippen LogP contribution in [0.3, 0.4) is 0 Å². The van der Waals surface area contributed by atoms with Crippen LogP contribution < -0.4 is 0 Å². The fraction of sp³-hybridized carbons (Fsp3) is 0.778. The number of hydrogen-bond donors (Lipinski definition) is 1. The van der Waals surface area contributed by atoms with E-state index in [1.807, 2.05) is 7.05 Å². The van der Waals surface area contributed by atoms with Crippen LogP contribution in [-0.2, 0) is 13.6 Å². The minimum absolute atomic E-state index is 0.169. The van der Waals surface area contributed by atoms with Gasteiger partial charge in [0.2, 0.25) is 0 Å². The van der Waals surface area contributed by atoms with Gasteiger partial charge < -0.3 is 5.11 Å². The Hall–Kier alpha value is -0.940. The van der Waals surface area contributed by atoms with Crippen molar-refractivity contribution in [3.63, 3.8) is 0 Å². The number of hydrogen-bond acceptors (Lipinski definition) is 4. The first-order valence-corrected chi connectivity index (χ1v) is 4.99. The third-order valence-electron chi connectivity index (χ3n) is 2.65. The van der Waals surface area contributed by atoms with Gasteiger partial charge in [0.15, 0.2) is 0 Å². The molecule has 0 aromatic carbocycles. The van der Waals surface area contributed by atoms with Crippen molar-refractivity contribution in [3.05, 3.63) is 12.2 Å². The van der Waals surface area contributed by atoms with Gasteiger partial charge in [-0.3, -0.25) is 9.58 Å². The number of likely N-dealkylation sites (tertiary alicyclic amines) is 1. The van der Waals surface area contributed by atoms with Crippen LogP contribution in [0.1, 0.15) is 18.7 Å². The smallest absolute Gasteiger partial charge is 0.140 e. The Bertz CT molecular complexity index is 299. The maximum absolute atomic E-state index is 9.49. The van der Waals surface area contributed by atoms with Crippen LogP contribution >= 0.6 is 0 Å². The summed E-state index contributed by atoms with van der Waals surface area (Å²) in [7, 11) is 1.89. The van der Waals surface area contributed by atoms with E-state index in [9.17, 15) is 5.11 Å². The molecule has 2 rings (SSSR count). The standard InChI is InChI=1S/C9H16N4O/c1-12-9(10-7-11-12)6-13-4-2-3-8(14)5-13/h7-8,14H,2-6H2,1H3/t8-/m0/s1. The van der Waals surface area contributed by atoms with E-state index in [1.165, 1.54) is 0 Å². The van der Waals surface area contributed by atoms with E-state index in [0.29, 0.717) is 0 Å². The molecule has 78 valence electrons. The molecule has 5 heteroatoms. The number of aromatic nitrogens is 3. The van der Waals surface area contributed by atoms with Crippen LogP contribution in [0.15, 0.2) is 6.33 Å². The van der Waals surface area contributed by atoms with Crippen LogP contribution in [0.2, 0.25) is 0 Å². The predicted molar refractivity (Wildman–Crippen MR) is 51.5 cm³/mol. The van der Waals surface area contributed by atoms with Crippen molar-refractivity contribution in [2.24, 2.45) is 7.05 Å². The van der Waals surface area contributed by atoms with Gasteiger partial charge in [0, 0.05) is 13.6 Å². The molecule has 0 amide bonds. The molecule has 2 heterocycles. The first kappa shape index (κ1) is 9.61. The molecule has 1 atom stereocenters. The molecule has 1 N–H and O–H groups in total. The molecule has 0 radical (unpaired) electrons. The van der Waals surface area contributed by atoms with E-state index >= 15 is 0 Å². The molecule has 0 bridgehead atoms. The van der Waals surface area contributed by atoms with Gasteiger partial charge in [-0.1, -0.05) is 0 Å². The Morgan fingerprint density at radius 2 is 2.50 bits per heavy atom. The number of aryl methyl sites for hydroxylation is 1. The van der Waals surface area contributed by atoms with E-state index in [4.69, 9.17) is 0 Å². The number of nitrogens with zero attached hydrogens (tertiary/aromatic N) is 4. The Morgan fingerprint density at radius 1 is 1.64 bits per heavy atom. The zero-order valence-corrected chi connectivity index (χ0v) is 8.43. The largest absolute Gasteiger partial charge is 0.392 e. The third-order valence-corrected chi connectivity index (χ3v) is 2.65.